The first-order valence-corrected chi connectivity index (χ1v) is 6.45. The van der Waals surface area contributed by atoms with E-state index in [2.05, 4.69) is 4.28 Å². The van der Waals surface area contributed by atoms with E-state index in [0.29, 0.717) is 24.3 Å². The highest BCUT2D eigenvalue weighted by Crippen LogP contribution is 2.40. The first-order valence-electron chi connectivity index (χ1n) is 5.09. The van der Waals surface area contributed by atoms with E-state index in [-0.39, 0.29) is 0 Å². The topological polar surface area (TPSA) is 127 Å². The first-order chi connectivity index (χ1) is 7.79. The van der Waals surface area contributed by atoms with Crippen LogP contribution >= 0.6 is 0 Å². The fraction of sp³-hybridized carbons (Fsp3) is 0.750. The predicted octanol–water partition coefficient (Wildman–Crippen LogP) is -1.17. The minimum atomic E-state index is -4.73. The summed E-state index contributed by atoms with van der Waals surface area (Å²) >= 11 is 0. The van der Waals surface area contributed by atoms with Gasteiger partial charge in [-0.3, -0.25) is 14.1 Å². The maximum absolute atomic E-state index is 11.8. The number of hydrogen-bond acceptors (Lipinski definition) is 5. The lowest BCUT2D eigenvalue weighted by Gasteiger charge is -2.24. The Kier molecular flexibility index (Phi) is 2.84. The van der Waals surface area contributed by atoms with Crippen LogP contribution in [0.15, 0.2) is 0 Å². The summed E-state index contributed by atoms with van der Waals surface area (Å²) in [5.74, 6) is -2.42. The normalized spacial score (nSPS) is 32.9. The molecule has 8 nitrogen and oxygen atoms in total. The van der Waals surface area contributed by atoms with Gasteiger partial charge in [-0.25, -0.2) is 0 Å². The van der Waals surface area contributed by atoms with Crippen molar-refractivity contribution >= 4 is 22.2 Å². The maximum Gasteiger partial charge on any atom is 0.418 e. The van der Waals surface area contributed by atoms with E-state index < -0.39 is 40.1 Å². The van der Waals surface area contributed by atoms with Crippen molar-refractivity contribution in [1.29, 1.82) is 0 Å². The van der Waals surface area contributed by atoms with Crippen LogP contribution in [0.2, 0.25) is 0 Å². The predicted molar refractivity (Wildman–Crippen MR) is 53.3 cm³/mol. The van der Waals surface area contributed by atoms with E-state index in [9.17, 15) is 18.0 Å². The molecule has 1 saturated heterocycles. The van der Waals surface area contributed by atoms with Gasteiger partial charge in [-0.05, 0) is 19.3 Å². The number of nitrogens with two attached hydrogens (primary N) is 1. The van der Waals surface area contributed by atoms with Crippen LogP contribution in [0.3, 0.4) is 0 Å². The minimum absolute atomic E-state index is 0.321. The lowest BCUT2D eigenvalue weighted by atomic mass is 9.80. The van der Waals surface area contributed by atoms with E-state index >= 15 is 0 Å². The summed E-state index contributed by atoms with van der Waals surface area (Å²) in [5.41, 5.74) is 5.17. The van der Waals surface area contributed by atoms with E-state index in [4.69, 9.17) is 10.3 Å². The summed E-state index contributed by atoms with van der Waals surface area (Å²) in [5, 5.41) is 0.642. The van der Waals surface area contributed by atoms with Crippen molar-refractivity contribution < 1.29 is 26.8 Å². The molecule has 2 amide bonds. The second kappa shape index (κ2) is 3.93. The number of rotatable bonds is 3. The van der Waals surface area contributed by atoms with E-state index in [1.54, 1.807) is 0 Å². The zero-order valence-electron chi connectivity index (χ0n) is 8.77. The Labute approximate surface area is 97.6 Å². The molecule has 0 radical (unpaired) electrons. The summed E-state index contributed by atoms with van der Waals surface area (Å²) in [6.07, 6.45) is 1.16. The van der Waals surface area contributed by atoms with Crippen LogP contribution in [0.1, 0.15) is 19.3 Å². The molecule has 3 atom stereocenters. The molecule has 1 aliphatic heterocycles. The van der Waals surface area contributed by atoms with Crippen molar-refractivity contribution in [3.8, 4) is 0 Å². The second-order valence-corrected chi connectivity index (χ2v) is 5.25. The van der Waals surface area contributed by atoms with E-state index in [1.165, 1.54) is 0 Å². The van der Waals surface area contributed by atoms with Gasteiger partial charge >= 0.3 is 10.4 Å². The smallest absolute Gasteiger partial charge is 0.369 e. The van der Waals surface area contributed by atoms with Gasteiger partial charge < -0.3 is 5.73 Å². The van der Waals surface area contributed by atoms with Crippen LogP contribution in [0.25, 0.3) is 0 Å². The van der Waals surface area contributed by atoms with Gasteiger partial charge in [0.25, 0.3) is 5.91 Å². The van der Waals surface area contributed by atoms with E-state index in [0.717, 1.165) is 0 Å². The third kappa shape index (κ3) is 2.26. The third-order valence-corrected chi connectivity index (χ3v) is 3.58. The number of hydrogen-bond donors (Lipinski definition) is 2. The number of carbonyl (C=O) groups is 2. The average molecular weight is 264 g/mol. The van der Waals surface area contributed by atoms with Crippen molar-refractivity contribution in [2.24, 2.45) is 17.6 Å². The molecule has 96 valence electrons. The van der Waals surface area contributed by atoms with Gasteiger partial charge in [-0.1, -0.05) is 0 Å². The molecule has 2 fully saturated rings. The van der Waals surface area contributed by atoms with Crippen molar-refractivity contribution in [3.63, 3.8) is 0 Å². The number of fused-ring (bicyclic) bond motifs is 2. The van der Waals surface area contributed by atoms with Gasteiger partial charge in [0.05, 0.1) is 12.0 Å². The number of hydroxylamine groups is 2. The number of nitrogens with zero attached hydrogens (tertiary/aromatic N) is 1. The Bertz CT molecular complexity index is 461. The zero-order valence-corrected chi connectivity index (χ0v) is 9.59. The highest BCUT2D eigenvalue weighted by atomic mass is 32.3. The highest BCUT2D eigenvalue weighted by Gasteiger charge is 2.50. The summed E-state index contributed by atoms with van der Waals surface area (Å²) in [7, 11) is -4.73. The van der Waals surface area contributed by atoms with Gasteiger partial charge in [-0.2, -0.15) is 13.5 Å². The Morgan fingerprint density at radius 2 is 2.12 bits per heavy atom. The van der Waals surface area contributed by atoms with Gasteiger partial charge in [0.15, 0.2) is 0 Å². The molecule has 0 aromatic heterocycles. The van der Waals surface area contributed by atoms with Gasteiger partial charge in [-0.15, -0.1) is 4.28 Å². The molecule has 1 saturated carbocycles. The van der Waals surface area contributed by atoms with Crippen LogP contribution < -0.4 is 5.73 Å². The number of amides is 2. The Morgan fingerprint density at radius 1 is 1.47 bits per heavy atom. The number of primary amides is 1. The molecule has 0 aromatic carbocycles. The van der Waals surface area contributed by atoms with E-state index in [1.807, 2.05) is 0 Å². The summed E-state index contributed by atoms with van der Waals surface area (Å²) in [4.78, 5) is 22.9. The zero-order chi connectivity index (χ0) is 12.8. The molecule has 3 N–H and O–H groups in total. The monoisotopic (exact) mass is 264 g/mol. The SMILES string of the molecule is NC(=O)[C@@H]1CC[C@H]2CC1C(=O)N2OS(=O)(=O)O. The lowest BCUT2D eigenvalue weighted by Crippen LogP contribution is -2.35. The molecule has 2 rings (SSSR count). The molecular formula is C8H12N2O6S. The van der Waals surface area contributed by atoms with Crippen LogP contribution in [-0.4, -0.2) is 35.9 Å². The standard InChI is InChI=1S/C8H12N2O6S/c9-7(11)5-2-1-4-3-6(5)8(12)10(4)16-17(13,14)15/h4-6H,1-3H2,(H2,9,11)(H,13,14,15)/t4-,5+,6?/m0/s1. The Balaban J connectivity index is 2.20. The van der Waals surface area contributed by atoms with Gasteiger partial charge in [0.2, 0.25) is 5.91 Å². The molecular weight excluding hydrogens is 252 g/mol. The number of carbonyl (C=O) groups excluding carboxylic acids is 2. The molecule has 1 unspecified atom stereocenters. The largest absolute Gasteiger partial charge is 0.418 e. The van der Waals surface area contributed by atoms with Crippen LogP contribution in [0.5, 0.6) is 0 Å². The summed E-state index contributed by atoms with van der Waals surface area (Å²) in [6, 6.07) is -0.426. The summed E-state index contributed by atoms with van der Waals surface area (Å²) in [6.45, 7) is 0. The minimum Gasteiger partial charge on any atom is -0.369 e. The van der Waals surface area contributed by atoms with Crippen molar-refractivity contribution in [2.45, 2.75) is 25.3 Å². The van der Waals surface area contributed by atoms with Crippen molar-refractivity contribution in [1.82, 2.24) is 5.06 Å². The Morgan fingerprint density at radius 3 is 2.65 bits per heavy atom. The molecule has 0 aromatic rings. The molecule has 0 spiro atoms. The molecule has 9 heteroatoms. The molecule has 1 aliphatic carbocycles. The molecule has 1 heterocycles. The molecule has 17 heavy (non-hydrogen) atoms. The highest BCUT2D eigenvalue weighted by molar-refractivity contribution is 7.80. The van der Waals surface area contributed by atoms with Crippen LogP contribution in [-0.2, 0) is 24.3 Å². The summed E-state index contributed by atoms with van der Waals surface area (Å²) < 4.78 is 33.9. The second-order valence-electron chi connectivity index (χ2n) is 4.25. The molecule has 2 aliphatic rings. The van der Waals surface area contributed by atoms with Crippen LogP contribution in [0.4, 0.5) is 0 Å². The fourth-order valence-corrected chi connectivity index (χ4v) is 2.92. The van der Waals surface area contributed by atoms with Crippen LogP contribution in [0, 0.1) is 11.8 Å². The van der Waals surface area contributed by atoms with Crippen molar-refractivity contribution in [3.05, 3.63) is 0 Å². The first kappa shape index (κ1) is 12.3. The van der Waals surface area contributed by atoms with Gasteiger partial charge in [0.1, 0.15) is 0 Å². The molecule has 2 bridgehead atoms. The van der Waals surface area contributed by atoms with Gasteiger partial charge in [0, 0.05) is 5.92 Å². The Hall–Kier alpha value is -1.19. The third-order valence-electron chi connectivity index (χ3n) is 3.23. The fourth-order valence-electron chi connectivity index (χ4n) is 2.52. The lowest BCUT2D eigenvalue weighted by molar-refractivity contribution is -0.159. The maximum atomic E-state index is 11.8. The quantitative estimate of drug-likeness (QED) is 0.618. The van der Waals surface area contributed by atoms with Crippen molar-refractivity contribution in [2.75, 3.05) is 0 Å². The average Bonchev–Trinajstić information content (AvgIpc) is 2.42.